The van der Waals surface area contributed by atoms with Crippen molar-refractivity contribution in [3.63, 3.8) is 0 Å². The first-order chi connectivity index (χ1) is 39.1. The van der Waals surface area contributed by atoms with Crippen LogP contribution in [0.3, 0.4) is 0 Å². The zero-order valence-corrected chi connectivity index (χ0v) is 47.0. The molecule has 23 nitrogen and oxygen atoms in total. The highest BCUT2D eigenvalue weighted by atomic mass is 32.1. The zero-order chi connectivity index (χ0) is 54.8. The van der Waals surface area contributed by atoms with E-state index in [1.165, 1.54) is 45.1 Å². The van der Waals surface area contributed by atoms with E-state index in [4.69, 9.17) is 5.73 Å². The van der Waals surface area contributed by atoms with Crippen LogP contribution in [-0.2, 0) is 35.3 Å². The van der Waals surface area contributed by atoms with Gasteiger partial charge < -0.3 is 36.4 Å². The van der Waals surface area contributed by atoms with Gasteiger partial charge in [-0.3, -0.25) is 19.4 Å². The minimum atomic E-state index is -0.208. The maximum absolute atomic E-state index is 13.2. The first kappa shape index (κ1) is 54.2. The Balaban J connectivity index is 0.000000131. The summed E-state index contributed by atoms with van der Waals surface area (Å²) in [5, 5.41) is 63.8. The molecule has 5 aliphatic rings. The molecular weight excluding hydrogens is 1070 g/mol. The maximum Gasteiger partial charge on any atom is 0.207 e. The Morgan fingerprint density at radius 2 is 0.875 bits per heavy atom. The normalized spacial score (nSPS) is 20.7. The number of anilines is 7. The molecule has 0 saturated carbocycles. The van der Waals surface area contributed by atoms with Crippen LogP contribution in [0.2, 0.25) is 0 Å². The van der Waals surface area contributed by atoms with E-state index >= 15 is 0 Å². The number of nitrogens with zero attached hydrogens (tertiary/aromatic N) is 17. The van der Waals surface area contributed by atoms with Crippen LogP contribution in [0.25, 0.3) is 0 Å². The molecule has 5 N–H and O–H groups in total. The third-order valence-electron chi connectivity index (χ3n) is 14.9. The molecule has 0 spiro atoms. The van der Waals surface area contributed by atoms with Crippen LogP contribution in [0, 0.1) is 0 Å². The molecule has 0 unspecified atom stereocenters. The van der Waals surface area contributed by atoms with Crippen molar-refractivity contribution in [2.24, 2.45) is 0 Å². The number of ketones is 2. The number of nitrogens with one attached hydrogen (secondary N) is 3. The van der Waals surface area contributed by atoms with Crippen molar-refractivity contribution < 1.29 is 9.59 Å². The number of Topliss-reactive ketones (excluding diaryl/α,β-unsaturated/α-hetero) is 2. The van der Waals surface area contributed by atoms with Gasteiger partial charge in [0.1, 0.15) is 10.0 Å². The molecule has 414 valence electrons. The molecule has 0 bridgehead atoms. The largest absolute Gasteiger partial charge is 0.374 e. The summed E-state index contributed by atoms with van der Waals surface area (Å²) in [5.74, 6) is 3.05. The van der Waals surface area contributed by atoms with E-state index in [1.54, 1.807) is 18.6 Å². The summed E-state index contributed by atoms with van der Waals surface area (Å²) >= 11 is 4.31. The molecule has 80 heavy (non-hydrogen) atoms. The summed E-state index contributed by atoms with van der Waals surface area (Å²) in [6.45, 7) is 7.16. The minimum absolute atomic E-state index is 0.173. The fourth-order valence-electron chi connectivity index (χ4n) is 10.9. The predicted molar refractivity (Wildman–Crippen MR) is 311 cm³/mol. The molecule has 2 aromatic carbocycles. The SMILES string of the molecule is CN1CCc2ccccc2[C@@H]1C(=O)Cc1nnc(N[C@@H]2CCN(c3cccnn3)C2)s1.CN1CCc2ccccc2[C@H]1C(=O)Cc1nnc(N[C@@H]2CCN(c3cccnn3)C2)s1.Nc1nnc(N[C@@H]2CCN(c3cccnn3)C2)s1. The molecule has 0 aliphatic carbocycles. The lowest BCUT2D eigenvalue weighted by Crippen LogP contribution is -2.37. The van der Waals surface area contributed by atoms with Gasteiger partial charge in [-0.15, -0.1) is 45.9 Å². The van der Waals surface area contributed by atoms with Gasteiger partial charge in [-0.05, 0) is 105 Å². The van der Waals surface area contributed by atoms with Gasteiger partial charge >= 0.3 is 0 Å². The van der Waals surface area contributed by atoms with Crippen molar-refractivity contribution in [3.8, 4) is 0 Å². The highest BCUT2D eigenvalue weighted by molar-refractivity contribution is 7.18. The second-order valence-corrected chi connectivity index (χ2v) is 23.5. The number of rotatable bonds is 15. The van der Waals surface area contributed by atoms with Gasteiger partial charge in [0.2, 0.25) is 20.5 Å². The van der Waals surface area contributed by atoms with Crippen LogP contribution in [0.5, 0.6) is 0 Å². The third kappa shape index (κ3) is 13.4. The summed E-state index contributed by atoms with van der Waals surface area (Å²) < 4.78 is 0. The Bertz CT molecular complexity index is 3130. The van der Waals surface area contributed by atoms with Gasteiger partial charge in [-0.1, -0.05) is 82.5 Å². The number of hydrogen-bond acceptors (Lipinski definition) is 26. The van der Waals surface area contributed by atoms with Gasteiger partial charge in [0.15, 0.2) is 29.0 Å². The lowest BCUT2D eigenvalue weighted by atomic mass is 9.90. The Kier molecular flexibility index (Phi) is 17.3. The summed E-state index contributed by atoms with van der Waals surface area (Å²) in [4.78, 5) is 37.2. The monoisotopic (exact) mass is 1130 g/mol. The van der Waals surface area contributed by atoms with E-state index in [0.29, 0.717) is 24.0 Å². The number of fused-ring (bicyclic) bond motifs is 2. The van der Waals surface area contributed by atoms with Crippen molar-refractivity contribution >= 4 is 83.6 Å². The number of hydrogen-bond donors (Lipinski definition) is 4. The number of benzene rings is 2. The Hall–Kier alpha value is -7.78. The van der Waals surface area contributed by atoms with E-state index in [-0.39, 0.29) is 35.7 Å². The van der Waals surface area contributed by atoms with Gasteiger partial charge in [-0.2, -0.15) is 15.3 Å². The minimum Gasteiger partial charge on any atom is -0.374 e. The summed E-state index contributed by atoms with van der Waals surface area (Å²) in [7, 11) is 4.04. The maximum atomic E-state index is 13.2. The second-order valence-electron chi connectivity index (χ2n) is 20.4. The summed E-state index contributed by atoms with van der Waals surface area (Å²) in [6.07, 6.45) is 10.6. The summed E-state index contributed by atoms with van der Waals surface area (Å²) in [5.41, 5.74) is 10.3. The van der Waals surface area contributed by atoms with E-state index in [9.17, 15) is 9.59 Å². The van der Waals surface area contributed by atoms with Crippen molar-refractivity contribution in [1.29, 1.82) is 0 Å². The van der Waals surface area contributed by atoms with E-state index in [2.05, 4.69) is 126 Å². The number of carbonyl (C=O) groups excluding carboxylic acids is 2. The molecule has 11 heterocycles. The highest BCUT2D eigenvalue weighted by Gasteiger charge is 2.34. The fraction of sp³-hybridized carbons (Fsp3) is 0.407. The molecule has 0 amide bonds. The van der Waals surface area contributed by atoms with Crippen molar-refractivity contribution in [2.45, 2.75) is 75.2 Å². The van der Waals surface area contributed by atoms with Gasteiger partial charge in [-0.25, -0.2) is 0 Å². The van der Waals surface area contributed by atoms with Crippen molar-refractivity contribution in [1.82, 2.24) is 71.0 Å². The van der Waals surface area contributed by atoms with Crippen LogP contribution in [0.15, 0.2) is 104 Å². The van der Waals surface area contributed by atoms with Crippen LogP contribution < -0.4 is 36.4 Å². The predicted octanol–water partition coefficient (Wildman–Crippen LogP) is 5.32. The van der Waals surface area contributed by atoms with Gasteiger partial charge in [0, 0.05) is 89.1 Å². The highest BCUT2D eigenvalue weighted by Crippen LogP contribution is 2.33. The average Bonchev–Trinajstić information content (AvgIpc) is 4.41. The molecule has 0 radical (unpaired) electrons. The number of nitrogen functional groups attached to an aromatic ring is 1. The fourth-order valence-corrected chi connectivity index (χ4v) is 13.2. The van der Waals surface area contributed by atoms with Crippen LogP contribution in [-0.4, -0.2) is 167 Å². The molecular formula is C54H63N21O2S3. The summed E-state index contributed by atoms with van der Waals surface area (Å²) in [6, 6.07) is 28.6. The van der Waals surface area contributed by atoms with Crippen LogP contribution in [0.4, 0.5) is 38.0 Å². The van der Waals surface area contributed by atoms with Crippen LogP contribution >= 0.6 is 34.0 Å². The molecule has 8 aromatic rings. The number of likely N-dealkylation sites (N-methyl/N-ethyl adjacent to an activating group) is 2. The van der Waals surface area contributed by atoms with Crippen molar-refractivity contribution in [2.75, 3.05) is 103 Å². The Morgan fingerprint density at radius 3 is 1.25 bits per heavy atom. The van der Waals surface area contributed by atoms with E-state index in [1.807, 2.05) is 74.8 Å². The lowest BCUT2D eigenvalue weighted by molar-refractivity contribution is -0.124. The first-order valence-corrected chi connectivity index (χ1v) is 29.3. The standard InChI is InChI=1S/2C22H25N7OS.C10H13N7S/c2*1-28-11-8-15-5-2-3-6-17(15)21(28)18(30)13-20-26-27-22(31-20)24-16-9-12-29(14-16)19-7-4-10-23-25-19;11-9-15-16-10(18-9)13-7-3-5-17(6-7)8-2-1-4-12-14-8/h2*2-7,10,16,21H,8-9,11-14H2,1H3,(H,24,27);1-2,4,7H,3,5-6H2,(H2,11,15)(H,13,16)/t16-,21+;16-,21-;7-/m111/s1. The third-order valence-corrected chi connectivity index (χ3v) is 17.3. The molecule has 3 fully saturated rings. The Labute approximate surface area is 475 Å². The smallest absolute Gasteiger partial charge is 0.207 e. The second kappa shape index (κ2) is 25.6. The average molecular weight is 1130 g/mol. The zero-order valence-electron chi connectivity index (χ0n) is 44.5. The van der Waals surface area contributed by atoms with Gasteiger partial charge in [0.05, 0.1) is 24.9 Å². The number of aromatic nitrogens is 12. The van der Waals surface area contributed by atoms with E-state index < -0.39 is 0 Å². The molecule has 5 aliphatic heterocycles. The topological polar surface area (TPSA) is 267 Å². The molecule has 5 atom stereocenters. The molecule has 6 aromatic heterocycles. The number of carbonyl (C=O) groups is 2. The lowest BCUT2D eigenvalue weighted by Gasteiger charge is -2.33. The molecule has 26 heteroatoms. The van der Waals surface area contributed by atoms with Crippen LogP contribution in [0.1, 0.15) is 63.6 Å². The quantitative estimate of drug-likeness (QED) is 0.101. The Morgan fingerprint density at radius 1 is 0.487 bits per heavy atom. The first-order valence-electron chi connectivity index (χ1n) is 26.9. The number of nitrogens with two attached hydrogens (primary N) is 1. The molecule has 13 rings (SSSR count). The van der Waals surface area contributed by atoms with E-state index in [0.717, 1.165) is 138 Å². The van der Waals surface area contributed by atoms with Gasteiger partial charge in [0.25, 0.3) is 0 Å². The molecule has 3 saturated heterocycles. The van der Waals surface area contributed by atoms with Crippen molar-refractivity contribution in [3.05, 3.63) is 136 Å².